The minimum absolute atomic E-state index is 0.0297. The molecule has 0 aliphatic heterocycles. The molecule has 0 unspecified atom stereocenters. The number of aromatic nitrogens is 1. The molecule has 106 valence electrons. The molecule has 2 N–H and O–H groups in total. The van der Waals surface area contributed by atoms with Crippen LogP contribution in [0.5, 0.6) is 0 Å². The standard InChI is InChI=1S/C14H10ClFN4O/c1-18-13-5-9(10(15)7-19-13)14(21)20-12-3-2-8(6-17)4-11(12)16/h2-5,7H,1H3,(H,18,19)(H,20,21). The normalized spacial score (nSPS) is 9.81. The van der Waals surface area contributed by atoms with E-state index in [9.17, 15) is 9.18 Å². The summed E-state index contributed by atoms with van der Waals surface area (Å²) in [4.78, 5) is 16.1. The largest absolute Gasteiger partial charge is 0.373 e. The summed E-state index contributed by atoms with van der Waals surface area (Å²) in [7, 11) is 1.65. The summed E-state index contributed by atoms with van der Waals surface area (Å²) in [5.41, 5.74) is 0.308. The van der Waals surface area contributed by atoms with Gasteiger partial charge in [-0.1, -0.05) is 11.6 Å². The Hall–Kier alpha value is -2.65. The Morgan fingerprint density at radius 3 is 2.81 bits per heavy atom. The minimum Gasteiger partial charge on any atom is -0.373 e. The van der Waals surface area contributed by atoms with Crippen LogP contribution in [0, 0.1) is 17.1 Å². The molecule has 21 heavy (non-hydrogen) atoms. The monoisotopic (exact) mass is 304 g/mol. The van der Waals surface area contributed by atoms with Crippen molar-refractivity contribution in [3.8, 4) is 6.07 Å². The number of carbonyl (C=O) groups excluding carboxylic acids is 1. The first-order chi connectivity index (χ1) is 10.0. The van der Waals surface area contributed by atoms with Crippen LogP contribution in [0.15, 0.2) is 30.5 Å². The van der Waals surface area contributed by atoms with Gasteiger partial charge < -0.3 is 10.6 Å². The van der Waals surface area contributed by atoms with Gasteiger partial charge in [-0.3, -0.25) is 4.79 Å². The van der Waals surface area contributed by atoms with E-state index in [4.69, 9.17) is 16.9 Å². The zero-order valence-corrected chi connectivity index (χ0v) is 11.7. The van der Waals surface area contributed by atoms with Gasteiger partial charge in [0.05, 0.1) is 27.9 Å². The zero-order valence-electron chi connectivity index (χ0n) is 10.9. The Balaban J connectivity index is 2.28. The molecule has 0 saturated heterocycles. The molecule has 1 heterocycles. The predicted molar refractivity (Wildman–Crippen MR) is 77.9 cm³/mol. The Labute approximate surface area is 125 Å². The van der Waals surface area contributed by atoms with Crippen molar-refractivity contribution in [1.29, 1.82) is 5.26 Å². The molecule has 0 aliphatic rings. The molecule has 1 aromatic heterocycles. The van der Waals surface area contributed by atoms with Crippen molar-refractivity contribution in [3.63, 3.8) is 0 Å². The Kier molecular flexibility index (Phi) is 4.36. The highest BCUT2D eigenvalue weighted by Crippen LogP contribution is 2.21. The molecule has 2 aromatic rings. The van der Waals surface area contributed by atoms with Crippen molar-refractivity contribution < 1.29 is 9.18 Å². The van der Waals surface area contributed by atoms with Crippen LogP contribution in [0.3, 0.4) is 0 Å². The number of hydrogen-bond acceptors (Lipinski definition) is 4. The number of pyridine rings is 1. The molecule has 0 bridgehead atoms. The van der Waals surface area contributed by atoms with Crippen LogP contribution in [0.2, 0.25) is 5.02 Å². The van der Waals surface area contributed by atoms with Crippen LogP contribution in [0.1, 0.15) is 15.9 Å². The van der Waals surface area contributed by atoms with Gasteiger partial charge in [-0.2, -0.15) is 5.26 Å². The summed E-state index contributed by atoms with van der Waals surface area (Å²) in [6.45, 7) is 0. The number of carbonyl (C=O) groups is 1. The fourth-order valence-corrected chi connectivity index (χ4v) is 1.81. The zero-order chi connectivity index (χ0) is 15.4. The summed E-state index contributed by atoms with van der Waals surface area (Å²) in [6.07, 6.45) is 1.33. The molecule has 1 aromatic carbocycles. The van der Waals surface area contributed by atoms with Gasteiger partial charge in [-0.05, 0) is 24.3 Å². The first-order valence-electron chi connectivity index (χ1n) is 5.89. The second kappa shape index (κ2) is 6.20. The number of halogens is 2. The van der Waals surface area contributed by atoms with Crippen molar-refractivity contribution in [3.05, 3.63) is 52.4 Å². The quantitative estimate of drug-likeness (QED) is 0.913. The van der Waals surface area contributed by atoms with E-state index in [2.05, 4.69) is 15.6 Å². The van der Waals surface area contributed by atoms with Crippen molar-refractivity contribution in [2.24, 2.45) is 0 Å². The molecular weight excluding hydrogens is 295 g/mol. The first kappa shape index (κ1) is 14.8. The maximum atomic E-state index is 13.7. The molecule has 2 rings (SSSR count). The Morgan fingerprint density at radius 1 is 1.43 bits per heavy atom. The van der Waals surface area contributed by atoms with Gasteiger partial charge in [0.25, 0.3) is 5.91 Å². The molecule has 0 fully saturated rings. The lowest BCUT2D eigenvalue weighted by atomic mass is 10.2. The third-order valence-electron chi connectivity index (χ3n) is 2.70. The average Bonchev–Trinajstić information content (AvgIpc) is 2.49. The van der Waals surface area contributed by atoms with Gasteiger partial charge >= 0.3 is 0 Å². The molecule has 1 amide bonds. The van der Waals surface area contributed by atoms with Crippen LogP contribution in [-0.2, 0) is 0 Å². The molecule has 0 aliphatic carbocycles. The third-order valence-corrected chi connectivity index (χ3v) is 3.00. The van der Waals surface area contributed by atoms with E-state index in [-0.39, 0.29) is 21.8 Å². The molecule has 0 spiro atoms. The van der Waals surface area contributed by atoms with Crippen LogP contribution in [0.25, 0.3) is 0 Å². The molecule has 0 radical (unpaired) electrons. The number of nitrogens with zero attached hydrogens (tertiary/aromatic N) is 2. The number of hydrogen-bond donors (Lipinski definition) is 2. The lowest BCUT2D eigenvalue weighted by molar-refractivity contribution is 0.102. The fourth-order valence-electron chi connectivity index (χ4n) is 1.63. The average molecular weight is 305 g/mol. The van der Waals surface area contributed by atoms with E-state index in [1.54, 1.807) is 7.05 Å². The van der Waals surface area contributed by atoms with E-state index >= 15 is 0 Å². The minimum atomic E-state index is -0.693. The highest BCUT2D eigenvalue weighted by Gasteiger charge is 2.14. The lowest BCUT2D eigenvalue weighted by Gasteiger charge is -2.09. The summed E-state index contributed by atoms with van der Waals surface area (Å²) in [5, 5.41) is 14.0. The van der Waals surface area contributed by atoms with Gasteiger partial charge in [-0.15, -0.1) is 0 Å². The summed E-state index contributed by atoms with van der Waals surface area (Å²) >= 11 is 5.91. The van der Waals surface area contributed by atoms with Crippen molar-refractivity contribution >= 4 is 29.0 Å². The molecule has 0 saturated carbocycles. The smallest absolute Gasteiger partial charge is 0.257 e. The number of rotatable bonds is 3. The van der Waals surface area contributed by atoms with Crippen molar-refractivity contribution in [2.45, 2.75) is 0 Å². The van der Waals surface area contributed by atoms with E-state index < -0.39 is 11.7 Å². The summed E-state index contributed by atoms with van der Waals surface area (Å²) in [6, 6.07) is 7.04. The van der Waals surface area contributed by atoms with Crippen LogP contribution in [0.4, 0.5) is 15.9 Å². The van der Waals surface area contributed by atoms with Gasteiger partial charge in [0.15, 0.2) is 0 Å². The number of nitrogens with one attached hydrogen (secondary N) is 2. The first-order valence-corrected chi connectivity index (χ1v) is 6.27. The van der Waals surface area contributed by atoms with E-state index in [1.807, 2.05) is 6.07 Å². The SMILES string of the molecule is CNc1cc(C(=O)Nc2ccc(C#N)cc2F)c(Cl)cn1. The fraction of sp³-hybridized carbons (Fsp3) is 0.0714. The number of anilines is 2. The molecule has 7 heteroatoms. The highest BCUT2D eigenvalue weighted by molar-refractivity contribution is 6.34. The van der Waals surface area contributed by atoms with E-state index in [0.717, 1.165) is 6.07 Å². The number of amides is 1. The van der Waals surface area contributed by atoms with Gasteiger partial charge in [-0.25, -0.2) is 9.37 Å². The van der Waals surface area contributed by atoms with Crippen LogP contribution < -0.4 is 10.6 Å². The second-order valence-electron chi connectivity index (χ2n) is 4.06. The summed E-state index contributed by atoms with van der Waals surface area (Å²) in [5.74, 6) is -0.797. The second-order valence-corrected chi connectivity index (χ2v) is 4.47. The lowest BCUT2D eigenvalue weighted by Crippen LogP contribution is -2.14. The number of benzene rings is 1. The van der Waals surface area contributed by atoms with Gasteiger partial charge in [0, 0.05) is 13.2 Å². The van der Waals surface area contributed by atoms with Crippen LogP contribution in [-0.4, -0.2) is 17.9 Å². The molecular formula is C14H10ClFN4O. The molecule has 5 nitrogen and oxygen atoms in total. The van der Waals surface area contributed by atoms with E-state index in [1.165, 1.54) is 24.4 Å². The highest BCUT2D eigenvalue weighted by atomic mass is 35.5. The maximum absolute atomic E-state index is 13.7. The van der Waals surface area contributed by atoms with Crippen molar-refractivity contribution in [2.75, 3.05) is 17.7 Å². The number of nitriles is 1. The molecule has 0 atom stereocenters. The third kappa shape index (κ3) is 3.27. The topological polar surface area (TPSA) is 77.8 Å². The van der Waals surface area contributed by atoms with Crippen LogP contribution >= 0.6 is 11.6 Å². The Bertz CT molecular complexity index is 742. The Morgan fingerprint density at radius 2 is 2.19 bits per heavy atom. The van der Waals surface area contributed by atoms with Gasteiger partial charge in [0.2, 0.25) is 0 Å². The van der Waals surface area contributed by atoms with Gasteiger partial charge in [0.1, 0.15) is 11.6 Å². The van der Waals surface area contributed by atoms with Crippen molar-refractivity contribution in [1.82, 2.24) is 4.98 Å². The maximum Gasteiger partial charge on any atom is 0.257 e. The summed E-state index contributed by atoms with van der Waals surface area (Å²) < 4.78 is 13.7. The predicted octanol–water partition coefficient (Wildman–Crippen LogP) is 3.04. The van der Waals surface area contributed by atoms with E-state index in [0.29, 0.717) is 5.82 Å².